The van der Waals surface area contributed by atoms with Gasteiger partial charge < -0.3 is 9.80 Å². The molecule has 1 amide bonds. The highest BCUT2D eigenvalue weighted by atomic mass is 32.2. The Morgan fingerprint density at radius 1 is 0.933 bits per heavy atom. The number of amides is 1. The summed E-state index contributed by atoms with van der Waals surface area (Å²) in [5.41, 5.74) is 2.08. The third-order valence-corrected chi connectivity index (χ3v) is 7.87. The average Bonchev–Trinajstić information content (AvgIpc) is 3.47. The summed E-state index contributed by atoms with van der Waals surface area (Å²) in [6, 6.07) is 12.3. The summed E-state index contributed by atoms with van der Waals surface area (Å²) in [5, 5.41) is 0. The van der Waals surface area contributed by atoms with Gasteiger partial charge in [0, 0.05) is 42.4 Å². The number of benzene rings is 2. The van der Waals surface area contributed by atoms with Gasteiger partial charge in [-0.1, -0.05) is 0 Å². The van der Waals surface area contributed by atoms with Crippen molar-refractivity contribution in [1.29, 1.82) is 0 Å². The highest BCUT2D eigenvalue weighted by Gasteiger charge is 2.24. The number of likely N-dealkylation sites (tertiary alicyclic amines) is 1. The second-order valence-electron chi connectivity index (χ2n) is 7.71. The molecule has 160 valence electrons. The first-order valence-electron chi connectivity index (χ1n) is 10.3. The first-order valence-corrected chi connectivity index (χ1v) is 13.0. The van der Waals surface area contributed by atoms with Gasteiger partial charge in [0.15, 0.2) is 0 Å². The van der Waals surface area contributed by atoms with Crippen LogP contribution in [-0.2, 0) is 10.0 Å². The lowest BCUT2D eigenvalue weighted by Gasteiger charge is -2.19. The first kappa shape index (κ1) is 21.1. The maximum absolute atomic E-state index is 13.0. The van der Waals surface area contributed by atoms with E-state index >= 15 is 0 Å². The Hall–Kier alpha value is -2.19. The molecule has 8 heteroatoms. The molecule has 0 bridgehead atoms. The Morgan fingerprint density at radius 2 is 1.57 bits per heavy atom. The molecule has 0 unspecified atom stereocenters. The fraction of sp³-hybridized carbons (Fsp3) is 0.409. The summed E-state index contributed by atoms with van der Waals surface area (Å²) in [7, 11) is -3.79. The highest BCUT2D eigenvalue weighted by molar-refractivity contribution is 7.98. The quantitative estimate of drug-likeness (QED) is 0.680. The van der Waals surface area contributed by atoms with Gasteiger partial charge in [0.25, 0.3) is 15.9 Å². The number of carbonyl (C=O) groups excluding carboxylic acids is 1. The third kappa shape index (κ3) is 4.44. The maximum Gasteiger partial charge on any atom is 0.261 e. The lowest BCUT2D eigenvalue weighted by Crippen LogP contribution is -2.28. The van der Waals surface area contributed by atoms with E-state index in [2.05, 4.69) is 9.62 Å². The molecule has 2 aromatic carbocycles. The molecule has 2 aliphatic heterocycles. The van der Waals surface area contributed by atoms with Crippen molar-refractivity contribution < 1.29 is 13.2 Å². The number of nitrogens with one attached hydrogen (secondary N) is 1. The molecular formula is C22H27N3O3S2. The molecule has 0 atom stereocenters. The first-order chi connectivity index (χ1) is 14.5. The Balaban J connectivity index is 1.56. The Labute approximate surface area is 182 Å². The minimum absolute atomic E-state index is 0.0936. The predicted octanol–water partition coefficient (Wildman–Crippen LogP) is 4.05. The molecule has 2 aliphatic rings. The molecule has 2 aromatic rings. The highest BCUT2D eigenvalue weighted by Crippen LogP contribution is 2.28. The summed E-state index contributed by atoms with van der Waals surface area (Å²) < 4.78 is 28.6. The molecule has 2 saturated heterocycles. The van der Waals surface area contributed by atoms with Crippen molar-refractivity contribution in [2.45, 2.75) is 35.5 Å². The van der Waals surface area contributed by atoms with Gasteiger partial charge >= 0.3 is 0 Å². The lowest BCUT2D eigenvalue weighted by atomic mass is 10.2. The number of hydrogen-bond acceptors (Lipinski definition) is 5. The molecule has 0 spiro atoms. The van der Waals surface area contributed by atoms with Crippen LogP contribution in [0.15, 0.2) is 52.3 Å². The number of hydrogen-bond donors (Lipinski definition) is 1. The summed E-state index contributed by atoms with van der Waals surface area (Å²) in [4.78, 5) is 17.9. The van der Waals surface area contributed by atoms with Crippen LogP contribution in [0, 0.1) is 0 Å². The van der Waals surface area contributed by atoms with Crippen molar-refractivity contribution in [2.24, 2.45) is 0 Å². The van der Waals surface area contributed by atoms with E-state index in [9.17, 15) is 13.2 Å². The number of rotatable bonds is 6. The average molecular weight is 446 g/mol. The fourth-order valence-corrected chi connectivity index (χ4v) is 5.70. The minimum Gasteiger partial charge on any atom is -0.372 e. The van der Waals surface area contributed by atoms with Crippen LogP contribution in [0.2, 0.25) is 0 Å². The predicted molar refractivity (Wildman–Crippen MR) is 122 cm³/mol. The Kier molecular flexibility index (Phi) is 6.24. The zero-order valence-corrected chi connectivity index (χ0v) is 18.8. The molecule has 0 aliphatic carbocycles. The van der Waals surface area contributed by atoms with Gasteiger partial charge in [-0.25, -0.2) is 8.42 Å². The summed E-state index contributed by atoms with van der Waals surface area (Å²) in [6.07, 6.45) is 6.27. The number of sulfonamides is 1. The van der Waals surface area contributed by atoms with E-state index in [0.717, 1.165) is 49.6 Å². The van der Waals surface area contributed by atoms with E-state index in [4.69, 9.17) is 0 Å². The van der Waals surface area contributed by atoms with E-state index in [1.165, 1.54) is 30.7 Å². The molecule has 0 radical (unpaired) electrons. The van der Waals surface area contributed by atoms with Crippen LogP contribution < -0.4 is 9.62 Å². The molecule has 0 saturated carbocycles. The monoisotopic (exact) mass is 445 g/mol. The van der Waals surface area contributed by atoms with Crippen LogP contribution >= 0.6 is 11.8 Å². The van der Waals surface area contributed by atoms with Gasteiger partial charge in [-0.2, -0.15) is 0 Å². The molecule has 0 aromatic heterocycles. The third-order valence-electron chi connectivity index (χ3n) is 5.70. The lowest BCUT2D eigenvalue weighted by molar-refractivity contribution is 0.0789. The summed E-state index contributed by atoms with van der Waals surface area (Å²) in [6.45, 7) is 3.54. The van der Waals surface area contributed by atoms with Crippen LogP contribution in [0.5, 0.6) is 0 Å². The molecular weight excluding hydrogens is 418 g/mol. The van der Waals surface area contributed by atoms with Gasteiger partial charge in [0.2, 0.25) is 0 Å². The second-order valence-corrected chi connectivity index (χ2v) is 10.2. The van der Waals surface area contributed by atoms with Gasteiger partial charge in [-0.15, -0.1) is 11.8 Å². The number of nitrogens with zero attached hydrogens (tertiary/aromatic N) is 2. The van der Waals surface area contributed by atoms with Crippen LogP contribution in [-0.4, -0.2) is 51.7 Å². The van der Waals surface area contributed by atoms with Gasteiger partial charge in [-0.3, -0.25) is 9.52 Å². The standard InChI is InChI=1S/C22H27N3O3S2/c1-29-21-11-10-19(16-20(21)22(26)25-14-4-5-15-25)30(27,28)23-17-6-8-18(9-7-17)24-12-2-3-13-24/h6-11,16,23H,2-5,12-15H2,1H3. The van der Waals surface area contributed by atoms with Crippen molar-refractivity contribution in [3.63, 3.8) is 0 Å². The van der Waals surface area contributed by atoms with Crippen molar-refractivity contribution >= 4 is 39.1 Å². The van der Waals surface area contributed by atoms with E-state index < -0.39 is 10.0 Å². The van der Waals surface area contributed by atoms with Gasteiger partial charge in [0.05, 0.1) is 10.5 Å². The maximum atomic E-state index is 13.0. The van der Waals surface area contributed by atoms with Crippen molar-refractivity contribution in [3.05, 3.63) is 48.0 Å². The van der Waals surface area contributed by atoms with E-state index in [1.807, 2.05) is 18.4 Å². The minimum atomic E-state index is -3.79. The fourth-order valence-electron chi connectivity index (χ4n) is 4.04. The van der Waals surface area contributed by atoms with E-state index in [1.54, 1.807) is 29.2 Å². The number of carbonyl (C=O) groups is 1. The summed E-state index contributed by atoms with van der Waals surface area (Å²) >= 11 is 1.45. The molecule has 1 N–H and O–H groups in total. The topological polar surface area (TPSA) is 69.7 Å². The molecule has 30 heavy (non-hydrogen) atoms. The largest absolute Gasteiger partial charge is 0.372 e. The van der Waals surface area contributed by atoms with E-state index in [-0.39, 0.29) is 10.8 Å². The normalized spacial score (nSPS) is 16.8. The van der Waals surface area contributed by atoms with Crippen LogP contribution in [0.4, 0.5) is 11.4 Å². The molecule has 2 fully saturated rings. The molecule has 2 heterocycles. The van der Waals surface area contributed by atoms with Crippen LogP contribution in [0.1, 0.15) is 36.0 Å². The number of anilines is 2. The Bertz CT molecular complexity index is 1010. The zero-order chi connectivity index (χ0) is 21.1. The second kappa shape index (κ2) is 8.89. The van der Waals surface area contributed by atoms with E-state index in [0.29, 0.717) is 11.3 Å². The molecule has 4 rings (SSSR count). The van der Waals surface area contributed by atoms with Crippen molar-refractivity contribution in [3.8, 4) is 0 Å². The summed E-state index contributed by atoms with van der Waals surface area (Å²) in [5.74, 6) is -0.0936. The zero-order valence-electron chi connectivity index (χ0n) is 17.1. The smallest absolute Gasteiger partial charge is 0.261 e. The number of thioether (sulfide) groups is 1. The van der Waals surface area contributed by atoms with Crippen molar-refractivity contribution in [2.75, 3.05) is 42.1 Å². The molecule has 6 nitrogen and oxygen atoms in total. The van der Waals surface area contributed by atoms with Crippen LogP contribution in [0.3, 0.4) is 0 Å². The van der Waals surface area contributed by atoms with Gasteiger partial charge in [-0.05, 0) is 74.4 Å². The SMILES string of the molecule is CSc1ccc(S(=O)(=O)Nc2ccc(N3CCCC3)cc2)cc1C(=O)N1CCCC1. The van der Waals surface area contributed by atoms with Crippen molar-refractivity contribution in [1.82, 2.24) is 4.90 Å². The van der Waals surface area contributed by atoms with Crippen LogP contribution in [0.25, 0.3) is 0 Å². The Morgan fingerprint density at radius 3 is 2.20 bits per heavy atom. The van der Waals surface area contributed by atoms with Gasteiger partial charge in [0.1, 0.15) is 0 Å².